The van der Waals surface area contributed by atoms with Crippen molar-refractivity contribution >= 4 is 35.2 Å². The number of hydrogen-bond acceptors (Lipinski definition) is 7. The van der Waals surface area contributed by atoms with Crippen LogP contribution < -0.4 is 16.0 Å². The highest BCUT2D eigenvalue weighted by molar-refractivity contribution is 6.01. The maximum atomic E-state index is 14.2. The van der Waals surface area contributed by atoms with Crippen molar-refractivity contribution in [1.29, 1.82) is 0 Å². The highest BCUT2D eigenvalue weighted by Gasteiger charge is 2.48. The van der Waals surface area contributed by atoms with E-state index in [1.165, 1.54) is 6.07 Å². The summed E-state index contributed by atoms with van der Waals surface area (Å²) in [5, 5.41) is 7.32. The molecule has 2 heterocycles. The monoisotopic (exact) mass is 531 g/mol. The second-order valence-corrected chi connectivity index (χ2v) is 9.88. The predicted molar refractivity (Wildman–Crippen MR) is 124 cm³/mol. The van der Waals surface area contributed by atoms with E-state index in [1.54, 1.807) is 20.8 Å². The van der Waals surface area contributed by atoms with E-state index in [1.807, 2.05) is 0 Å². The fourth-order valence-corrected chi connectivity index (χ4v) is 3.98. The minimum atomic E-state index is -4.72. The van der Waals surface area contributed by atoms with Gasteiger partial charge in [0, 0.05) is 37.4 Å². The second-order valence-electron chi connectivity index (χ2n) is 9.88. The highest BCUT2D eigenvalue weighted by atomic mass is 19.4. The second kappa shape index (κ2) is 10.9. The van der Waals surface area contributed by atoms with Gasteiger partial charge in [0.25, 0.3) is 0 Å². The van der Waals surface area contributed by atoms with Crippen molar-refractivity contribution in [3.63, 3.8) is 0 Å². The van der Waals surface area contributed by atoms with Gasteiger partial charge >= 0.3 is 12.3 Å². The first-order valence-electron chi connectivity index (χ1n) is 11.6. The number of halogens is 4. The Hall–Kier alpha value is -3.42. The molecule has 4 amide bonds. The van der Waals surface area contributed by atoms with Crippen molar-refractivity contribution in [2.45, 2.75) is 57.5 Å². The first-order chi connectivity index (χ1) is 17.1. The molecule has 0 aliphatic carbocycles. The predicted octanol–water partition coefficient (Wildman–Crippen LogP) is 2.46. The van der Waals surface area contributed by atoms with Gasteiger partial charge in [0.05, 0.1) is 6.54 Å². The number of alkyl halides is 3. The lowest BCUT2D eigenvalue weighted by Crippen LogP contribution is -2.61. The van der Waals surface area contributed by atoms with E-state index < -0.39 is 66.6 Å². The van der Waals surface area contributed by atoms with Crippen molar-refractivity contribution in [3.05, 3.63) is 24.0 Å². The van der Waals surface area contributed by atoms with Crippen LogP contribution in [0.3, 0.4) is 0 Å². The van der Waals surface area contributed by atoms with Crippen molar-refractivity contribution in [2.24, 2.45) is 0 Å². The number of benzene rings is 1. The Kier molecular flexibility index (Phi) is 8.30. The molecule has 0 aromatic heterocycles. The summed E-state index contributed by atoms with van der Waals surface area (Å²) in [6, 6.07) is 0.491. The van der Waals surface area contributed by atoms with Crippen LogP contribution in [-0.2, 0) is 19.1 Å². The number of anilines is 2. The number of piperazine rings is 1. The molecule has 0 bridgehead atoms. The quantitative estimate of drug-likeness (QED) is 0.395. The van der Waals surface area contributed by atoms with Crippen molar-refractivity contribution in [1.82, 2.24) is 15.1 Å². The zero-order chi connectivity index (χ0) is 27.5. The summed E-state index contributed by atoms with van der Waals surface area (Å²) >= 11 is 0. The van der Waals surface area contributed by atoms with Gasteiger partial charge in [-0.05, 0) is 45.4 Å². The topological polar surface area (TPSA) is 120 Å². The van der Waals surface area contributed by atoms with E-state index in [0.29, 0.717) is 0 Å². The fourth-order valence-electron chi connectivity index (χ4n) is 3.98. The van der Waals surface area contributed by atoms with Crippen LogP contribution in [0.2, 0.25) is 0 Å². The number of hydrogen-bond donors (Lipinski definition) is 3. The Labute approximate surface area is 210 Å². The van der Waals surface area contributed by atoms with Crippen LogP contribution in [-0.4, -0.2) is 83.7 Å². The van der Waals surface area contributed by atoms with Crippen LogP contribution in [0.1, 0.15) is 33.6 Å². The Balaban J connectivity index is 1.64. The van der Waals surface area contributed by atoms with E-state index in [4.69, 9.17) is 4.74 Å². The molecule has 14 heteroatoms. The molecule has 3 rings (SSSR count). The normalized spacial score (nSPS) is 21.3. The van der Waals surface area contributed by atoms with Crippen LogP contribution in [0, 0.1) is 5.82 Å². The van der Waals surface area contributed by atoms with Crippen LogP contribution >= 0.6 is 0 Å². The summed E-state index contributed by atoms with van der Waals surface area (Å²) in [7, 11) is 0. The molecule has 2 saturated heterocycles. The molecule has 0 radical (unpaired) electrons. The van der Waals surface area contributed by atoms with Gasteiger partial charge < -0.3 is 20.3 Å². The number of nitrogens with zero attached hydrogens (tertiary/aromatic N) is 2. The first-order valence-corrected chi connectivity index (χ1v) is 11.6. The maximum Gasteiger partial charge on any atom is 0.410 e. The molecule has 0 unspecified atom stereocenters. The number of piperidine rings is 1. The molecule has 37 heavy (non-hydrogen) atoms. The Bertz CT molecular complexity index is 1060. The van der Waals surface area contributed by atoms with Gasteiger partial charge in [-0.25, -0.2) is 9.18 Å². The van der Waals surface area contributed by atoms with Crippen molar-refractivity contribution in [2.75, 3.05) is 36.8 Å². The summed E-state index contributed by atoms with van der Waals surface area (Å²) in [6.45, 7) is 3.14. The smallest absolute Gasteiger partial charge is 0.410 e. The van der Waals surface area contributed by atoms with Gasteiger partial charge in [-0.2, -0.15) is 13.2 Å². The molecule has 2 atom stereocenters. The van der Waals surface area contributed by atoms with E-state index in [2.05, 4.69) is 16.0 Å². The molecular formula is C23H29F4N5O5. The molecule has 2 aliphatic heterocycles. The number of carbonyl (C=O) groups is 4. The number of carbonyl (C=O) groups excluding carboxylic acids is 4. The zero-order valence-corrected chi connectivity index (χ0v) is 20.6. The molecule has 1 aromatic rings. The standard InChI is InChI=1S/C23H29F4N5O5/c1-22(2,3)37-21(36)32-7-6-31(17(11-32)23(25,26)27)12-19(34)29-15-9-13(24)8-14(10-15)28-16-4-5-18(33)30-20(16)35/h8-10,16-17,28H,4-7,11-12H2,1-3H3,(H,29,34)(H,30,33,35)/t16-,17-/m0/s1. The van der Waals surface area contributed by atoms with Gasteiger partial charge in [-0.15, -0.1) is 0 Å². The van der Waals surface area contributed by atoms with E-state index >= 15 is 0 Å². The Morgan fingerprint density at radius 1 is 1.11 bits per heavy atom. The fraction of sp³-hybridized carbons (Fsp3) is 0.565. The average molecular weight is 532 g/mol. The molecule has 1 aromatic carbocycles. The first kappa shape index (κ1) is 28.2. The molecule has 3 N–H and O–H groups in total. The number of nitrogens with one attached hydrogen (secondary N) is 3. The lowest BCUT2D eigenvalue weighted by atomic mass is 10.1. The van der Waals surface area contributed by atoms with Gasteiger partial charge in [-0.3, -0.25) is 24.6 Å². The number of ether oxygens (including phenoxy) is 1. The number of rotatable bonds is 5. The van der Waals surface area contributed by atoms with Crippen LogP contribution in [0.15, 0.2) is 18.2 Å². The van der Waals surface area contributed by atoms with Gasteiger partial charge in [0.1, 0.15) is 23.5 Å². The zero-order valence-electron chi connectivity index (χ0n) is 20.6. The number of amides is 4. The SMILES string of the molecule is CC(C)(C)OC(=O)N1CCN(CC(=O)Nc2cc(F)cc(N[C@H]3CCC(=O)NC3=O)c2)[C@H](C(F)(F)F)C1. The highest BCUT2D eigenvalue weighted by Crippen LogP contribution is 2.29. The third-order valence-corrected chi connectivity index (χ3v) is 5.63. The third kappa shape index (κ3) is 8.03. The summed E-state index contributed by atoms with van der Waals surface area (Å²) < 4.78 is 60.6. The molecule has 2 fully saturated rings. The minimum Gasteiger partial charge on any atom is -0.444 e. The minimum absolute atomic E-state index is 0.0317. The average Bonchev–Trinajstić information content (AvgIpc) is 2.73. The molecule has 2 aliphatic rings. The largest absolute Gasteiger partial charge is 0.444 e. The summed E-state index contributed by atoms with van der Waals surface area (Å²) in [5.41, 5.74) is -0.765. The molecule has 0 saturated carbocycles. The maximum absolute atomic E-state index is 14.2. The van der Waals surface area contributed by atoms with Crippen LogP contribution in [0.5, 0.6) is 0 Å². The van der Waals surface area contributed by atoms with Gasteiger partial charge in [0.15, 0.2) is 0 Å². The Morgan fingerprint density at radius 2 is 1.78 bits per heavy atom. The molecular weight excluding hydrogens is 502 g/mol. The molecule has 10 nitrogen and oxygen atoms in total. The van der Waals surface area contributed by atoms with Gasteiger partial charge in [-0.1, -0.05) is 0 Å². The van der Waals surface area contributed by atoms with Crippen LogP contribution in [0.4, 0.5) is 33.7 Å². The van der Waals surface area contributed by atoms with Crippen LogP contribution in [0.25, 0.3) is 0 Å². The summed E-state index contributed by atoms with van der Waals surface area (Å²) in [6.07, 6.45) is -5.30. The van der Waals surface area contributed by atoms with E-state index in [9.17, 15) is 36.7 Å². The van der Waals surface area contributed by atoms with Gasteiger partial charge in [0.2, 0.25) is 17.7 Å². The van der Waals surface area contributed by atoms with Crippen molar-refractivity contribution in [3.8, 4) is 0 Å². The van der Waals surface area contributed by atoms with E-state index in [-0.39, 0.29) is 37.3 Å². The lowest BCUT2D eigenvalue weighted by Gasteiger charge is -2.41. The Morgan fingerprint density at radius 3 is 2.41 bits per heavy atom. The van der Waals surface area contributed by atoms with Crippen molar-refractivity contribution < 1.29 is 41.5 Å². The molecule has 204 valence electrons. The number of imide groups is 1. The third-order valence-electron chi connectivity index (χ3n) is 5.63. The summed E-state index contributed by atoms with van der Waals surface area (Å²) in [5.74, 6) is -2.57. The summed E-state index contributed by atoms with van der Waals surface area (Å²) in [4.78, 5) is 49.9. The molecule has 0 spiro atoms. The lowest BCUT2D eigenvalue weighted by molar-refractivity contribution is -0.195. The van der Waals surface area contributed by atoms with E-state index in [0.717, 1.165) is 21.9 Å².